The minimum absolute atomic E-state index is 0.160. The summed E-state index contributed by atoms with van der Waals surface area (Å²) in [6, 6.07) is 5.25. The summed E-state index contributed by atoms with van der Waals surface area (Å²) in [6.07, 6.45) is 1.58. The second-order valence-electron chi connectivity index (χ2n) is 4.68. The van der Waals surface area contributed by atoms with Crippen molar-refractivity contribution in [3.63, 3.8) is 0 Å². The zero-order valence-electron chi connectivity index (χ0n) is 11.3. The molecule has 102 valence electrons. The van der Waals surface area contributed by atoms with E-state index < -0.39 is 5.97 Å². The van der Waals surface area contributed by atoms with Gasteiger partial charge in [-0.25, -0.2) is 4.79 Å². The predicted molar refractivity (Wildman–Crippen MR) is 74.7 cm³/mol. The first-order chi connectivity index (χ1) is 9.10. The standard InChI is InChI=1S/C15H19NO3/c1-3-12-10(2)16(7-4-8-17)14-6-5-11(15(18)19)9-13(12)14/h5-6,9,17H,3-4,7-8H2,1-2H3,(H,18,19). The number of aliphatic hydroxyl groups is 1. The number of hydrogen-bond donors (Lipinski definition) is 2. The third-order valence-electron chi connectivity index (χ3n) is 3.59. The van der Waals surface area contributed by atoms with E-state index in [1.807, 2.05) is 6.07 Å². The van der Waals surface area contributed by atoms with E-state index in [4.69, 9.17) is 10.2 Å². The fourth-order valence-corrected chi connectivity index (χ4v) is 2.65. The lowest BCUT2D eigenvalue weighted by molar-refractivity contribution is 0.0697. The molecule has 1 heterocycles. The van der Waals surface area contributed by atoms with Crippen molar-refractivity contribution in [2.45, 2.75) is 33.2 Å². The maximum absolute atomic E-state index is 11.1. The topological polar surface area (TPSA) is 62.5 Å². The van der Waals surface area contributed by atoms with Gasteiger partial charge in [-0.15, -0.1) is 0 Å². The van der Waals surface area contributed by atoms with Crippen molar-refractivity contribution in [3.05, 3.63) is 35.0 Å². The molecule has 0 spiro atoms. The van der Waals surface area contributed by atoms with Gasteiger partial charge in [0.1, 0.15) is 0 Å². The molecule has 0 saturated heterocycles. The molecule has 4 nitrogen and oxygen atoms in total. The van der Waals surface area contributed by atoms with Gasteiger partial charge in [0.05, 0.1) is 5.56 Å². The fourth-order valence-electron chi connectivity index (χ4n) is 2.65. The first-order valence-electron chi connectivity index (χ1n) is 6.56. The molecule has 0 atom stereocenters. The van der Waals surface area contributed by atoms with Gasteiger partial charge in [0, 0.05) is 29.7 Å². The number of aliphatic hydroxyl groups excluding tert-OH is 1. The van der Waals surface area contributed by atoms with Crippen LogP contribution in [0.2, 0.25) is 0 Å². The van der Waals surface area contributed by atoms with E-state index in [0.717, 1.165) is 29.6 Å². The van der Waals surface area contributed by atoms with Crippen LogP contribution in [0, 0.1) is 6.92 Å². The van der Waals surface area contributed by atoms with E-state index in [-0.39, 0.29) is 6.61 Å². The Labute approximate surface area is 112 Å². The molecule has 0 radical (unpaired) electrons. The molecule has 2 N–H and O–H groups in total. The summed E-state index contributed by atoms with van der Waals surface area (Å²) >= 11 is 0. The van der Waals surface area contributed by atoms with Gasteiger partial charge in [-0.1, -0.05) is 6.92 Å². The molecule has 2 rings (SSSR count). The highest BCUT2D eigenvalue weighted by Crippen LogP contribution is 2.27. The molecule has 0 bridgehead atoms. The molecule has 4 heteroatoms. The summed E-state index contributed by atoms with van der Waals surface area (Å²) in [7, 11) is 0. The van der Waals surface area contributed by atoms with Crippen LogP contribution in [0.1, 0.15) is 35.0 Å². The molecule has 1 aromatic carbocycles. The predicted octanol–water partition coefficient (Wildman–Crippen LogP) is 2.59. The molecule has 0 aliphatic rings. The van der Waals surface area contributed by atoms with Crippen LogP contribution < -0.4 is 0 Å². The number of nitrogens with zero attached hydrogens (tertiary/aromatic N) is 1. The highest BCUT2D eigenvalue weighted by molar-refractivity contribution is 5.95. The Morgan fingerprint density at radius 2 is 2.11 bits per heavy atom. The first kappa shape index (κ1) is 13.6. The summed E-state index contributed by atoms with van der Waals surface area (Å²) in [5.74, 6) is -0.898. The Bertz CT molecular complexity index is 613. The van der Waals surface area contributed by atoms with Crippen molar-refractivity contribution >= 4 is 16.9 Å². The minimum atomic E-state index is -0.898. The van der Waals surface area contributed by atoms with E-state index in [2.05, 4.69) is 18.4 Å². The second kappa shape index (κ2) is 5.45. The quantitative estimate of drug-likeness (QED) is 0.869. The van der Waals surface area contributed by atoms with Crippen LogP contribution in [0.15, 0.2) is 18.2 Å². The van der Waals surface area contributed by atoms with Crippen LogP contribution in [0.4, 0.5) is 0 Å². The number of carbonyl (C=O) groups is 1. The van der Waals surface area contributed by atoms with Crippen molar-refractivity contribution in [1.82, 2.24) is 4.57 Å². The lowest BCUT2D eigenvalue weighted by Gasteiger charge is -2.07. The highest BCUT2D eigenvalue weighted by atomic mass is 16.4. The van der Waals surface area contributed by atoms with Crippen LogP contribution in [-0.4, -0.2) is 27.4 Å². The number of carboxylic acids is 1. The SMILES string of the molecule is CCc1c(C)n(CCCO)c2ccc(C(=O)O)cc12. The molecule has 0 aliphatic heterocycles. The molecular formula is C15H19NO3. The van der Waals surface area contributed by atoms with Crippen LogP contribution in [0.25, 0.3) is 10.9 Å². The van der Waals surface area contributed by atoms with Crippen LogP contribution in [-0.2, 0) is 13.0 Å². The highest BCUT2D eigenvalue weighted by Gasteiger charge is 2.14. The van der Waals surface area contributed by atoms with Crippen molar-refractivity contribution in [3.8, 4) is 0 Å². The molecule has 0 aliphatic carbocycles. The molecule has 0 unspecified atom stereocenters. The zero-order chi connectivity index (χ0) is 14.0. The second-order valence-corrected chi connectivity index (χ2v) is 4.68. The Morgan fingerprint density at radius 1 is 1.37 bits per heavy atom. The normalized spacial score (nSPS) is 11.1. The first-order valence-corrected chi connectivity index (χ1v) is 6.56. The Hall–Kier alpha value is -1.81. The molecule has 0 saturated carbocycles. The lowest BCUT2D eigenvalue weighted by Crippen LogP contribution is -2.02. The third-order valence-corrected chi connectivity index (χ3v) is 3.59. The number of aromatic carboxylic acids is 1. The lowest BCUT2D eigenvalue weighted by atomic mass is 10.1. The smallest absolute Gasteiger partial charge is 0.335 e. The average Bonchev–Trinajstić information content (AvgIpc) is 2.66. The molecular weight excluding hydrogens is 242 g/mol. The van der Waals surface area contributed by atoms with Gasteiger partial charge in [0.25, 0.3) is 0 Å². The number of rotatable bonds is 5. The Kier molecular flexibility index (Phi) is 3.90. The molecule has 19 heavy (non-hydrogen) atoms. The maximum atomic E-state index is 11.1. The third kappa shape index (κ3) is 2.36. The Morgan fingerprint density at radius 3 is 2.68 bits per heavy atom. The summed E-state index contributed by atoms with van der Waals surface area (Å²) < 4.78 is 2.16. The monoisotopic (exact) mass is 261 g/mol. The largest absolute Gasteiger partial charge is 0.478 e. The van der Waals surface area contributed by atoms with Crippen LogP contribution >= 0.6 is 0 Å². The van der Waals surface area contributed by atoms with E-state index in [1.54, 1.807) is 12.1 Å². The van der Waals surface area contributed by atoms with Crippen molar-refractivity contribution < 1.29 is 15.0 Å². The average molecular weight is 261 g/mol. The van der Waals surface area contributed by atoms with Crippen LogP contribution in [0.3, 0.4) is 0 Å². The van der Waals surface area contributed by atoms with Crippen molar-refractivity contribution in [1.29, 1.82) is 0 Å². The van der Waals surface area contributed by atoms with Crippen molar-refractivity contribution in [2.75, 3.05) is 6.61 Å². The maximum Gasteiger partial charge on any atom is 0.335 e. The fraction of sp³-hybridized carbons (Fsp3) is 0.400. The minimum Gasteiger partial charge on any atom is -0.478 e. The van der Waals surface area contributed by atoms with Gasteiger partial charge >= 0.3 is 5.97 Å². The van der Waals surface area contributed by atoms with Gasteiger partial charge in [-0.05, 0) is 43.5 Å². The van der Waals surface area contributed by atoms with Gasteiger partial charge in [0.15, 0.2) is 0 Å². The molecule has 2 aromatic rings. The molecule has 0 fully saturated rings. The van der Waals surface area contributed by atoms with E-state index >= 15 is 0 Å². The van der Waals surface area contributed by atoms with Gasteiger partial charge < -0.3 is 14.8 Å². The van der Waals surface area contributed by atoms with Crippen molar-refractivity contribution in [2.24, 2.45) is 0 Å². The molecule has 0 amide bonds. The number of hydrogen-bond acceptors (Lipinski definition) is 2. The molecule has 1 aromatic heterocycles. The van der Waals surface area contributed by atoms with E-state index in [9.17, 15) is 4.79 Å². The zero-order valence-corrected chi connectivity index (χ0v) is 11.3. The summed E-state index contributed by atoms with van der Waals surface area (Å²) in [5.41, 5.74) is 3.72. The van der Waals surface area contributed by atoms with Gasteiger partial charge in [-0.2, -0.15) is 0 Å². The Balaban J connectivity index is 2.64. The van der Waals surface area contributed by atoms with Gasteiger partial charge in [-0.3, -0.25) is 0 Å². The van der Waals surface area contributed by atoms with E-state index in [1.165, 1.54) is 5.56 Å². The van der Waals surface area contributed by atoms with E-state index in [0.29, 0.717) is 12.0 Å². The van der Waals surface area contributed by atoms with Crippen LogP contribution in [0.5, 0.6) is 0 Å². The summed E-state index contributed by atoms with van der Waals surface area (Å²) in [5, 5.41) is 19.1. The number of aryl methyl sites for hydroxylation is 2. The number of fused-ring (bicyclic) bond motifs is 1. The number of aromatic nitrogens is 1. The summed E-state index contributed by atoms with van der Waals surface area (Å²) in [4.78, 5) is 11.1. The van der Waals surface area contributed by atoms with Gasteiger partial charge in [0.2, 0.25) is 0 Å². The number of carboxylic acid groups (broad SMARTS) is 1. The summed E-state index contributed by atoms with van der Waals surface area (Å²) in [6.45, 7) is 5.04. The number of benzene rings is 1.